The molecule has 0 saturated carbocycles. The van der Waals surface area contributed by atoms with Crippen LogP contribution in [0.3, 0.4) is 0 Å². The number of rotatable bonds is 4. The molecular weight excluding hydrogens is 283 g/mol. The van der Waals surface area contributed by atoms with E-state index in [4.69, 9.17) is 11.6 Å². The van der Waals surface area contributed by atoms with E-state index >= 15 is 0 Å². The summed E-state index contributed by atoms with van der Waals surface area (Å²) in [6, 6.07) is 4.72. The van der Waals surface area contributed by atoms with Crippen molar-refractivity contribution in [3.8, 4) is 0 Å². The van der Waals surface area contributed by atoms with Gasteiger partial charge in [0.25, 0.3) is 0 Å². The Morgan fingerprint density at radius 2 is 2.10 bits per heavy atom. The maximum Gasteiger partial charge on any atom is 0.416 e. The number of aryl methyl sites for hydroxylation is 1. The van der Waals surface area contributed by atoms with Gasteiger partial charge in [0.2, 0.25) is 0 Å². The minimum absolute atomic E-state index is 0.274. The second-order valence-corrected chi connectivity index (χ2v) is 4.73. The molecule has 0 aliphatic rings. The van der Waals surface area contributed by atoms with E-state index in [0.29, 0.717) is 16.9 Å². The van der Waals surface area contributed by atoms with Gasteiger partial charge in [0, 0.05) is 12.6 Å². The number of hydrogen-bond acceptors (Lipinski definition) is 4. The van der Waals surface area contributed by atoms with Crippen LogP contribution in [0.5, 0.6) is 0 Å². The number of hydrazine groups is 1. The average molecular weight is 299 g/mol. The minimum Gasteiger partial charge on any atom is -0.384 e. The molecule has 0 bridgehead atoms. The van der Waals surface area contributed by atoms with Gasteiger partial charge in [0.15, 0.2) is 0 Å². The first-order valence-electron chi connectivity index (χ1n) is 6.22. The lowest BCUT2D eigenvalue weighted by Crippen LogP contribution is -2.30. The molecule has 1 aromatic heterocycles. The van der Waals surface area contributed by atoms with Gasteiger partial charge < -0.3 is 5.73 Å². The minimum atomic E-state index is -4.37. The van der Waals surface area contributed by atoms with E-state index in [2.05, 4.69) is 10.5 Å². The van der Waals surface area contributed by atoms with Crippen LogP contribution >= 0.6 is 0 Å². The smallest absolute Gasteiger partial charge is 0.384 e. The van der Waals surface area contributed by atoms with Crippen LogP contribution in [0, 0.1) is 0 Å². The summed E-state index contributed by atoms with van der Waals surface area (Å²) in [6.45, 7) is 0. The third-order valence-corrected chi connectivity index (χ3v) is 3.29. The maximum atomic E-state index is 12.7. The molecule has 1 heterocycles. The van der Waals surface area contributed by atoms with Gasteiger partial charge in [-0.25, -0.2) is 0 Å². The number of alkyl halides is 3. The van der Waals surface area contributed by atoms with Crippen molar-refractivity contribution in [2.75, 3.05) is 5.73 Å². The Hall–Kier alpha value is -2.06. The third kappa shape index (κ3) is 3.34. The van der Waals surface area contributed by atoms with Crippen molar-refractivity contribution in [1.29, 1.82) is 0 Å². The van der Waals surface area contributed by atoms with Gasteiger partial charge in [-0.1, -0.05) is 18.2 Å². The molecule has 0 amide bonds. The first-order chi connectivity index (χ1) is 9.82. The SMILES string of the molecule is Cn1ncc(C(Cc2cccc(C(F)(F)F)c2)NN)c1N. The Morgan fingerprint density at radius 3 is 2.62 bits per heavy atom. The van der Waals surface area contributed by atoms with Crippen LogP contribution in [0.4, 0.5) is 19.0 Å². The molecule has 0 aliphatic carbocycles. The molecule has 114 valence electrons. The van der Waals surface area contributed by atoms with E-state index < -0.39 is 17.8 Å². The molecule has 0 radical (unpaired) electrons. The maximum absolute atomic E-state index is 12.7. The molecule has 0 fully saturated rings. The van der Waals surface area contributed by atoms with Crippen LogP contribution in [0.2, 0.25) is 0 Å². The molecule has 0 aliphatic heterocycles. The summed E-state index contributed by atoms with van der Waals surface area (Å²) >= 11 is 0. The van der Waals surface area contributed by atoms with Crippen LogP contribution < -0.4 is 17.0 Å². The van der Waals surface area contributed by atoms with Crippen LogP contribution in [0.25, 0.3) is 0 Å². The Morgan fingerprint density at radius 1 is 1.38 bits per heavy atom. The van der Waals surface area contributed by atoms with Crippen LogP contribution in [-0.4, -0.2) is 9.78 Å². The highest BCUT2D eigenvalue weighted by molar-refractivity contribution is 5.41. The van der Waals surface area contributed by atoms with Crippen LogP contribution in [-0.2, 0) is 19.6 Å². The zero-order valence-electron chi connectivity index (χ0n) is 11.4. The number of nitrogens with zero attached hydrogens (tertiary/aromatic N) is 2. The predicted molar refractivity (Wildman–Crippen MR) is 72.8 cm³/mol. The summed E-state index contributed by atoms with van der Waals surface area (Å²) in [6.07, 6.45) is -2.54. The first kappa shape index (κ1) is 15.3. The lowest BCUT2D eigenvalue weighted by Gasteiger charge is -2.16. The highest BCUT2D eigenvalue weighted by Gasteiger charge is 2.30. The molecule has 2 rings (SSSR count). The van der Waals surface area contributed by atoms with Crippen molar-refractivity contribution in [3.05, 3.63) is 47.2 Å². The molecule has 5 nitrogen and oxygen atoms in total. The fourth-order valence-electron chi connectivity index (χ4n) is 2.10. The summed E-state index contributed by atoms with van der Waals surface area (Å²) in [5.74, 6) is 5.91. The van der Waals surface area contributed by atoms with Crippen molar-refractivity contribution >= 4 is 5.82 Å². The standard InChI is InChI=1S/C13H16F3N5/c1-21-12(17)10(7-19-21)11(20-18)6-8-3-2-4-9(5-8)13(14,15)16/h2-5,7,11,20H,6,17-18H2,1H3. The zero-order chi connectivity index (χ0) is 15.6. The van der Waals surface area contributed by atoms with Crippen molar-refractivity contribution in [3.63, 3.8) is 0 Å². The van der Waals surface area contributed by atoms with Gasteiger partial charge in [0.1, 0.15) is 5.82 Å². The molecule has 21 heavy (non-hydrogen) atoms. The Labute approximate surface area is 119 Å². The lowest BCUT2D eigenvalue weighted by molar-refractivity contribution is -0.137. The largest absolute Gasteiger partial charge is 0.416 e. The van der Waals surface area contributed by atoms with Gasteiger partial charge in [-0.05, 0) is 18.1 Å². The third-order valence-electron chi connectivity index (χ3n) is 3.29. The van der Waals surface area contributed by atoms with Gasteiger partial charge in [-0.2, -0.15) is 18.3 Å². The zero-order valence-corrected chi connectivity index (χ0v) is 11.4. The molecule has 1 atom stereocenters. The first-order valence-corrected chi connectivity index (χ1v) is 6.22. The lowest BCUT2D eigenvalue weighted by atomic mass is 9.99. The summed E-state index contributed by atoms with van der Waals surface area (Å²) in [5, 5.41) is 4.00. The number of anilines is 1. The number of halogens is 3. The fraction of sp³-hybridized carbons (Fsp3) is 0.308. The second kappa shape index (κ2) is 5.74. The van der Waals surface area contributed by atoms with E-state index in [9.17, 15) is 13.2 Å². The molecule has 0 spiro atoms. The number of hydrogen-bond donors (Lipinski definition) is 3. The summed E-state index contributed by atoms with van der Waals surface area (Å²) in [7, 11) is 1.68. The molecule has 1 aromatic carbocycles. The van der Waals surface area contributed by atoms with E-state index in [0.717, 1.165) is 12.1 Å². The molecule has 0 saturated heterocycles. The van der Waals surface area contributed by atoms with Gasteiger partial charge >= 0.3 is 6.18 Å². The molecule has 2 aromatic rings. The number of aromatic nitrogens is 2. The summed E-state index contributed by atoms with van der Waals surface area (Å²) in [5.41, 5.74) is 8.90. The van der Waals surface area contributed by atoms with Crippen molar-refractivity contribution in [1.82, 2.24) is 15.2 Å². The van der Waals surface area contributed by atoms with Crippen molar-refractivity contribution in [2.24, 2.45) is 12.9 Å². The Bertz CT molecular complexity index is 621. The molecule has 1 unspecified atom stereocenters. The van der Waals surface area contributed by atoms with Crippen molar-refractivity contribution < 1.29 is 13.2 Å². The molecule has 5 N–H and O–H groups in total. The quantitative estimate of drug-likeness (QED) is 0.593. The van der Waals surface area contributed by atoms with E-state index in [1.807, 2.05) is 0 Å². The topological polar surface area (TPSA) is 81.9 Å². The fourth-order valence-corrected chi connectivity index (χ4v) is 2.10. The number of nitrogens with two attached hydrogens (primary N) is 2. The number of nitrogens with one attached hydrogen (secondary N) is 1. The monoisotopic (exact) mass is 299 g/mol. The van der Waals surface area contributed by atoms with Crippen LogP contribution in [0.15, 0.2) is 30.5 Å². The van der Waals surface area contributed by atoms with Crippen LogP contribution in [0.1, 0.15) is 22.7 Å². The summed E-state index contributed by atoms with van der Waals surface area (Å²) < 4.78 is 39.6. The van der Waals surface area contributed by atoms with E-state index in [-0.39, 0.29) is 6.42 Å². The normalized spacial score (nSPS) is 13.4. The second-order valence-electron chi connectivity index (χ2n) is 4.73. The van der Waals surface area contributed by atoms with Gasteiger partial charge in [-0.3, -0.25) is 16.0 Å². The van der Waals surface area contributed by atoms with Crippen molar-refractivity contribution in [2.45, 2.75) is 18.6 Å². The van der Waals surface area contributed by atoms with E-state index in [1.165, 1.54) is 10.7 Å². The Balaban J connectivity index is 2.25. The Kier molecular flexibility index (Phi) is 4.19. The average Bonchev–Trinajstić information content (AvgIpc) is 2.76. The molecule has 8 heteroatoms. The predicted octanol–water partition coefficient (Wildman–Crippen LogP) is 1.77. The van der Waals surface area contributed by atoms with Gasteiger partial charge in [-0.15, -0.1) is 0 Å². The van der Waals surface area contributed by atoms with Gasteiger partial charge in [0.05, 0.1) is 17.8 Å². The number of nitrogen functional groups attached to an aromatic ring is 1. The number of benzene rings is 1. The van der Waals surface area contributed by atoms with E-state index in [1.54, 1.807) is 19.3 Å². The summed E-state index contributed by atoms with van der Waals surface area (Å²) in [4.78, 5) is 0. The molecular formula is C13H16F3N5. The highest BCUT2D eigenvalue weighted by atomic mass is 19.4. The highest BCUT2D eigenvalue weighted by Crippen LogP contribution is 2.30.